The highest BCUT2D eigenvalue weighted by Gasteiger charge is 2.24. The lowest BCUT2D eigenvalue weighted by Gasteiger charge is -2.13. The molecule has 0 aliphatic carbocycles. The molecule has 0 bridgehead atoms. The Balaban J connectivity index is 2.24. The third-order valence-electron chi connectivity index (χ3n) is 3.32. The highest BCUT2D eigenvalue weighted by Crippen LogP contribution is 2.27. The number of non-ortho nitro benzene ring substituents is 1. The van der Waals surface area contributed by atoms with Crippen LogP contribution < -0.4 is 10.0 Å². The molecule has 0 aromatic heterocycles. The van der Waals surface area contributed by atoms with Crippen LogP contribution in [0.2, 0.25) is 0 Å². The molecule has 1 atom stereocenters. The molecule has 0 saturated carbocycles. The number of nitrogens with zero attached hydrogens (tertiary/aromatic N) is 1. The average Bonchev–Trinajstić information content (AvgIpc) is 2.98. The predicted molar refractivity (Wildman–Crippen MR) is 83.3 cm³/mol. The summed E-state index contributed by atoms with van der Waals surface area (Å²) in [7, 11) is -2.20. The van der Waals surface area contributed by atoms with Crippen LogP contribution in [0.5, 0.6) is 0 Å². The summed E-state index contributed by atoms with van der Waals surface area (Å²) >= 11 is 1.81. The number of thioether (sulfide) groups is 1. The van der Waals surface area contributed by atoms with Crippen molar-refractivity contribution in [3.05, 3.63) is 28.3 Å². The maximum atomic E-state index is 12.4. The molecule has 0 spiro atoms. The van der Waals surface area contributed by atoms with Gasteiger partial charge in [-0.05, 0) is 29.9 Å². The van der Waals surface area contributed by atoms with Crippen molar-refractivity contribution in [2.75, 3.05) is 30.4 Å². The molecule has 0 radical (unpaired) electrons. The van der Waals surface area contributed by atoms with Crippen molar-refractivity contribution in [3.8, 4) is 0 Å². The van der Waals surface area contributed by atoms with Crippen molar-refractivity contribution in [1.82, 2.24) is 4.72 Å². The van der Waals surface area contributed by atoms with E-state index in [4.69, 9.17) is 0 Å². The van der Waals surface area contributed by atoms with Crippen LogP contribution in [-0.4, -0.2) is 38.4 Å². The van der Waals surface area contributed by atoms with Crippen molar-refractivity contribution < 1.29 is 13.3 Å². The van der Waals surface area contributed by atoms with Gasteiger partial charge in [0.2, 0.25) is 10.0 Å². The van der Waals surface area contributed by atoms with Crippen LogP contribution >= 0.6 is 11.8 Å². The first-order valence-corrected chi connectivity index (χ1v) is 9.11. The molecule has 21 heavy (non-hydrogen) atoms. The molecule has 1 aliphatic rings. The average molecular weight is 331 g/mol. The molecule has 1 aromatic carbocycles. The molecule has 2 N–H and O–H groups in total. The molecular weight excluding hydrogens is 314 g/mol. The number of nitro groups is 1. The summed E-state index contributed by atoms with van der Waals surface area (Å²) in [6, 6.07) is 3.76. The molecule has 1 aliphatic heterocycles. The normalized spacial score (nSPS) is 18.6. The van der Waals surface area contributed by atoms with Gasteiger partial charge in [-0.25, -0.2) is 13.1 Å². The second-order valence-corrected chi connectivity index (χ2v) is 7.65. The molecule has 9 heteroatoms. The fraction of sp³-hybridized carbons (Fsp3) is 0.500. The fourth-order valence-electron chi connectivity index (χ4n) is 2.10. The van der Waals surface area contributed by atoms with E-state index in [0.29, 0.717) is 18.2 Å². The van der Waals surface area contributed by atoms with Gasteiger partial charge in [-0.2, -0.15) is 11.8 Å². The van der Waals surface area contributed by atoms with E-state index in [1.165, 1.54) is 12.1 Å². The third kappa shape index (κ3) is 3.86. The van der Waals surface area contributed by atoms with Gasteiger partial charge in [-0.1, -0.05) is 0 Å². The van der Waals surface area contributed by atoms with Crippen LogP contribution in [0.15, 0.2) is 23.1 Å². The van der Waals surface area contributed by atoms with Crippen LogP contribution in [-0.2, 0) is 10.0 Å². The zero-order valence-electron chi connectivity index (χ0n) is 11.5. The highest BCUT2D eigenvalue weighted by molar-refractivity contribution is 7.99. The van der Waals surface area contributed by atoms with Gasteiger partial charge in [0.25, 0.3) is 5.69 Å². The van der Waals surface area contributed by atoms with Crippen molar-refractivity contribution in [3.63, 3.8) is 0 Å². The number of nitrogens with one attached hydrogen (secondary N) is 2. The van der Waals surface area contributed by atoms with Gasteiger partial charge >= 0.3 is 0 Å². The standard InChI is InChI=1S/C12H17N3O4S2/c1-13-11-3-2-10(15(16)17)6-12(11)21(18,19)14-7-9-4-5-20-8-9/h2-3,6,9,13-14H,4-5,7-8H2,1H3. The summed E-state index contributed by atoms with van der Waals surface area (Å²) < 4.78 is 27.3. The first kappa shape index (κ1) is 16.1. The fourth-order valence-corrected chi connectivity index (χ4v) is 4.73. The van der Waals surface area contributed by atoms with Gasteiger partial charge in [0.05, 0.1) is 10.6 Å². The van der Waals surface area contributed by atoms with Crippen LogP contribution in [0, 0.1) is 16.0 Å². The lowest BCUT2D eigenvalue weighted by atomic mass is 10.1. The van der Waals surface area contributed by atoms with Gasteiger partial charge in [-0.15, -0.1) is 0 Å². The van der Waals surface area contributed by atoms with E-state index in [2.05, 4.69) is 10.0 Å². The van der Waals surface area contributed by atoms with Crippen molar-refractivity contribution >= 4 is 33.2 Å². The largest absolute Gasteiger partial charge is 0.387 e. The van der Waals surface area contributed by atoms with E-state index < -0.39 is 14.9 Å². The smallest absolute Gasteiger partial charge is 0.270 e. The Labute approximate surface area is 127 Å². The SMILES string of the molecule is CNc1ccc([N+](=O)[O-])cc1S(=O)(=O)NCC1CCSC1. The number of rotatable bonds is 6. The monoisotopic (exact) mass is 331 g/mol. The quantitative estimate of drug-likeness (QED) is 0.607. The highest BCUT2D eigenvalue weighted by atomic mass is 32.2. The van der Waals surface area contributed by atoms with E-state index in [1.54, 1.807) is 18.8 Å². The third-order valence-corrected chi connectivity index (χ3v) is 6.02. The Bertz CT molecular complexity index is 627. The number of anilines is 1. The van der Waals surface area contributed by atoms with E-state index in [-0.39, 0.29) is 10.6 Å². The van der Waals surface area contributed by atoms with E-state index in [9.17, 15) is 18.5 Å². The van der Waals surface area contributed by atoms with E-state index in [1.807, 2.05) is 0 Å². The number of hydrogen-bond donors (Lipinski definition) is 2. The number of hydrogen-bond acceptors (Lipinski definition) is 6. The molecule has 1 fully saturated rings. The zero-order chi connectivity index (χ0) is 15.5. The molecule has 116 valence electrons. The maximum absolute atomic E-state index is 12.4. The van der Waals surface area contributed by atoms with E-state index >= 15 is 0 Å². The van der Waals surface area contributed by atoms with Crippen molar-refractivity contribution in [2.24, 2.45) is 5.92 Å². The Morgan fingerprint density at radius 3 is 2.81 bits per heavy atom. The summed E-state index contributed by atoms with van der Waals surface area (Å²) in [5.74, 6) is 2.31. The number of benzene rings is 1. The van der Waals surface area contributed by atoms with Crippen LogP contribution in [0.3, 0.4) is 0 Å². The first-order valence-electron chi connectivity index (χ1n) is 6.47. The number of sulfonamides is 1. The van der Waals surface area contributed by atoms with Crippen LogP contribution in [0.25, 0.3) is 0 Å². The summed E-state index contributed by atoms with van der Waals surface area (Å²) in [5.41, 5.74) is 0.0969. The Kier molecular flexibility index (Phi) is 5.07. The molecule has 1 heterocycles. The summed E-state index contributed by atoms with van der Waals surface area (Å²) in [6.45, 7) is 0.362. The van der Waals surface area contributed by atoms with Gasteiger partial charge in [0, 0.05) is 25.7 Å². The minimum Gasteiger partial charge on any atom is -0.387 e. The topological polar surface area (TPSA) is 101 Å². The van der Waals surface area contributed by atoms with Gasteiger partial charge < -0.3 is 5.32 Å². The molecule has 0 amide bonds. The summed E-state index contributed by atoms with van der Waals surface area (Å²) in [4.78, 5) is 10.1. The first-order chi connectivity index (χ1) is 9.94. The zero-order valence-corrected chi connectivity index (χ0v) is 13.2. The van der Waals surface area contributed by atoms with E-state index in [0.717, 1.165) is 24.0 Å². The molecular formula is C12H17N3O4S2. The minimum atomic E-state index is -3.77. The Morgan fingerprint density at radius 1 is 1.48 bits per heavy atom. The lowest BCUT2D eigenvalue weighted by molar-refractivity contribution is -0.385. The van der Waals surface area contributed by atoms with Crippen LogP contribution in [0.4, 0.5) is 11.4 Å². The Hall–Kier alpha value is -1.32. The molecule has 1 unspecified atom stereocenters. The molecule has 2 rings (SSSR count). The maximum Gasteiger partial charge on any atom is 0.270 e. The molecule has 1 saturated heterocycles. The molecule has 7 nitrogen and oxygen atoms in total. The molecule has 1 aromatic rings. The number of nitro benzene ring substituents is 1. The Morgan fingerprint density at radius 2 is 2.24 bits per heavy atom. The van der Waals surface area contributed by atoms with Crippen molar-refractivity contribution in [1.29, 1.82) is 0 Å². The van der Waals surface area contributed by atoms with Gasteiger partial charge in [0.1, 0.15) is 4.90 Å². The summed E-state index contributed by atoms with van der Waals surface area (Å²) in [6.07, 6.45) is 0.987. The van der Waals surface area contributed by atoms with Gasteiger partial charge in [-0.3, -0.25) is 10.1 Å². The minimum absolute atomic E-state index is 0.0927. The predicted octanol–water partition coefficient (Wildman–Crippen LogP) is 1.67. The van der Waals surface area contributed by atoms with Crippen molar-refractivity contribution in [2.45, 2.75) is 11.3 Å². The lowest BCUT2D eigenvalue weighted by Crippen LogP contribution is -2.30. The van der Waals surface area contributed by atoms with Gasteiger partial charge in [0.15, 0.2) is 0 Å². The second kappa shape index (κ2) is 6.63. The van der Waals surface area contributed by atoms with Crippen LogP contribution in [0.1, 0.15) is 6.42 Å². The second-order valence-electron chi connectivity index (χ2n) is 4.77. The summed E-state index contributed by atoms with van der Waals surface area (Å²) in [5, 5.41) is 13.6.